The maximum absolute atomic E-state index is 14.8. The van der Waals surface area contributed by atoms with Gasteiger partial charge < -0.3 is 14.7 Å². The number of pyridine rings is 1. The smallest absolute Gasteiger partial charge is 0.333 e. The molecule has 2 bridgehead atoms. The number of aromatic nitrogens is 5. The van der Waals surface area contributed by atoms with E-state index in [1.54, 1.807) is 10.8 Å². The van der Waals surface area contributed by atoms with E-state index in [4.69, 9.17) is 0 Å². The van der Waals surface area contributed by atoms with Crippen LogP contribution in [0.15, 0.2) is 36.4 Å². The summed E-state index contributed by atoms with van der Waals surface area (Å²) in [6, 6.07) is 1.34. The summed E-state index contributed by atoms with van der Waals surface area (Å²) in [4.78, 5) is 27.9. The van der Waals surface area contributed by atoms with Gasteiger partial charge >= 0.3 is 5.97 Å². The fourth-order valence-corrected chi connectivity index (χ4v) is 5.14. The van der Waals surface area contributed by atoms with E-state index in [-0.39, 0.29) is 23.0 Å². The van der Waals surface area contributed by atoms with Crippen LogP contribution in [0.4, 0.5) is 8.78 Å². The zero-order valence-electron chi connectivity index (χ0n) is 16.3. The van der Waals surface area contributed by atoms with E-state index >= 15 is 0 Å². The molecule has 4 aromatic heterocycles. The SMILES string of the molecule is O=C(O)C1=C(n2cc(F)c3cnc(-c4c[nH]c5ncc(F)cc45)nc32)C2CCC1CC2. The number of nitrogens with one attached hydrogen (secondary N) is 1. The zero-order valence-corrected chi connectivity index (χ0v) is 16.3. The quantitative estimate of drug-likeness (QED) is 0.512. The van der Waals surface area contributed by atoms with Crippen LogP contribution >= 0.6 is 0 Å². The van der Waals surface area contributed by atoms with Gasteiger partial charge in [0, 0.05) is 41.2 Å². The van der Waals surface area contributed by atoms with E-state index < -0.39 is 17.6 Å². The number of carbonyl (C=O) groups is 1. The van der Waals surface area contributed by atoms with Crippen molar-refractivity contribution in [3.8, 4) is 11.4 Å². The third kappa shape index (κ3) is 2.62. The van der Waals surface area contributed by atoms with Crippen LogP contribution in [0.3, 0.4) is 0 Å². The second-order valence-corrected chi connectivity index (χ2v) is 8.18. The lowest BCUT2D eigenvalue weighted by atomic mass is 9.69. The Balaban J connectivity index is 1.59. The van der Waals surface area contributed by atoms with E-state index in [0.29, 0.717) is 33.5 Å². The van der Waals surface area contributed by atoms with Crippen molar-refractivity contribution < 1.29 is 18.7 Å². The number of aromatic amines is 1. The van der Waals surface area contributed by atoms with E-state index in [1.165, 1.54) is 18.5 Å². The Morgan fingerprint density at radius 1 is 1.10 bits per heavy atom. The molecule has 3 aliphatic rings. The summed E-state index contributed by atoms with van der Waals surface area (Å²) in [5.74, 6) is -1.65. The lowest BCUT2D eigenvalue weighted by molar-refractivity contribution is -0.133. The second kappa shape index (κ2) is 6.44. The lowest BCUT2D eigenvalue weighted by Gasteiger charge is -2.39. The summed E-state index contributed by atoms with van der Waals surface area (Å²) in [5, 5.41) is 10.6. The normalized spacial score (nSPS) is 20.8. The molecule has 1 saturated carbocycles. The molecule has 0 amide bonds. The highest BCUT2D eigenvalue weighted by Crippen LogP contribution is 2.48. The number of carboxylic acid groups (broad SMARTS) is 1. The highest BCUT2D eigenvalue weighted by atomic mass is 19.1. The monoisotopic (exact) mass is 421 g/mol. The van der Waals surface area contributed by atoms with Gasteiger partial charge in [-0.25, -0.2) is 28.5 Å². The van der Waals surface area contributed by atoms with Gasteiger partial charge in [-0.3, -0.25) is 0 Å². The number of H-pyrrole nitrogens is 1. The molecular formula is C22H17F2N5O2. The number of hydrogen-bond acceptors (Lipinski definition) is 4. The molecule has 156 valence electrons. The van der Waals surface area contributed by atoms with Crippen LogP contribution in [0.25, 0.3) is 39.2 Å². The van der Waals surface area contributed by atoms with Crippen LogP contribution in [-0.4, -0.2) is 35.6 Å². The molecule has 1 fully saturated rings. The minimum Gasteiger partial charge on any atom is -0.478 e. The standard InChI is InChI=1S/C22H17F2N5O2/c23-12-5-13-14(7-26-19(13)25-6-12)20-27-8-15-16(24)9-29(21(15)28-20)18-11-3-1-10(2-4-11)17(18)22(30)31/h5-11H,1-4H2,(H,25,26)(H,30,31). The number of carboxylic acids is 1. The molecule has 7 nitrogen and oxygen atoms in total. The number of nitrogens with zero attached hydrogens (tertiary/aromatic N) is 4. The number of aliphatic carboxylic acids is 1. The van der Waals surface area contributed by atoms with Crippen molar-refractivity contribution in [3.05, 3.63) is 48.1 Å². The van der Waals surface area contributed by atoms with Gasteiger partial charge in [-0.2, -0.15) is 0 Å². The van der Waals surface area contributed by atoms with Crippen molar-refractivity contribution >= 4 is 33.7 Å². The Hall–Kier alpha value is -3.62. The molecule has 4 heterocycles. The fraction of sp³-hybridized carbons (Fsp3) is 0.273. The summed E-state index contributed by atoms with van der Waals surface area (Å²) < 4.78 is 30.1. The van der Waals surface area contributed by atoms with Crippen molar-refractivity contribution in [1.82, 2.24) is 24.5 Å². The zero-order chi connectivity index (χ0) is 21.3. The number of hydrogen-bond donors (Lipinski definition) is 2. The van der Waals surface area contributed by atoms with Crippen LogP contribution in [0.1, 0.15) is 25.7 Å². The van der Waals surface area contributed by atoms with E-state index in [0.717, 1.165) is 31.9 Å². The first-order chi connectivity index (χ1) is 15.0. The van der Waals surface area contributed by atoms with Gasteiger partial charge in [-0.05, 0) is 37.7 Å². The first-order valence-corrected chi connectivity index (χ1v) is 10.2. The van der Waals surface area contributed by atoms with Gasteiger partial charge in [0.25, 0.3) is 0 Å². The Morgan fingerprint density at radius 3 is 2.65 bits per heavy atom. The molecule has 31 heavy (non-hydrogen) atoms. The first-order valence-electron chi connectivity index (χ1n) is 10.2. The molecule has 9 heteroatoms. The average Bonchev–Trinajstić information content (AvgIpc) is 3.34. The van der Waals surface area contributed by atoms with E-state index in [2.05, 4.69) is 19.9 Å². The van der Waals surface area contributed by atoms with Crippen LogP contribution in [0, 0.1) is 23.5 Å². The Kier molecular flexibility index (Phi) is 3.77. The average molecular weight is 421 g/mol. The van der Waals surface area contributed by atoms with Gasteiger partial charge in [0.1, 0.15) is 11.5 Å². The third-order valence-electron chi connectivity index (χ3n) is 6.52. The van der Waals surface area contributed by atoms with Crippen molar-refractivity contribution in [2.45, 2.75) is 25.7 Å². The summed E-state index contributed by atoms with van der Waals surface area (Å²) in [7, 11) is 0. The Labute approximate surface area is 174 Å². The van der Waals surface area contributed by atoms with Crippen molar-refractivity contribution in [2.75, 3.05) is 0 Å². The molecule has 0 aliphatic heterocycles. The number of fused-ring (bicyclic) bond motifs is 4. The van der Waals surface area contributed by atoms with Gasteiger partial charge in [-0.1, -0.05) is 0 Å². The predicted octanol–water partition coefficient (Wildman–Crippen LogP) is 4.37. The summed E-state index contributed by atoms with van der Waals surface area (Å²) >= 11 is 0. The van der Waals surface area contributed by atoms with Gasteiger partial charge in [-0.15, -0.1) is 0 Å². The maximum Gasteiger partial charge on any atom is 0.333 e. The summed E-state index contributed by atoms with van der Waals surface area (Å²) in [6.07, 6.45) is 8.87. The summed E-state index contributed by atoms with van der Waals surface area (Å²) in [5.41, 5.74) is 2.32. The lowest BCUT2D eigenvalue weighted by Crippen LogP contribution is -2.31. The van der Waals surface area contributed by atoms with Crippen LogP contribution in [0.5, 0.6) is 0 Å². The first kappa shape index (κ1) is 18.2. The highest BCUT2D eigenvalue weighted by molar-refractivity contribution is 5.97. The van der Waals surface area contributed by atoms with E-state index in [1.807, 2.05) is 0 Å². The third-order valence-corrected chi connectivity index (χ3v) is 6.52. The maximum atomic E-state index is 14.8. The second-order valence-electron chi connectivity index (χ2n) is 8.18. The van der Waals surface area contributed by atoms with Gasteiger partial charge in [0.15, 0.2) is 17.3 Å². The highest BCUT2D eigenvalue weighted by Gasteiger charge is 2.40. The fourth-order valence-electron chi connectivity index (χ4n) is 5.14. The molecular weight excluding hydrogens is 404 g/mol. The largest absolute Gasteiger partial charge is 0.478 e. The number of rotatable bonds is 3. The van der Waals surface area contributed by atoms with Crippen LogP contribution in [-0.2, 0) is 4.79 Å². The number of allylic oxidation sites excluding steroid dienone is 1. The minimum atomic E-state index is -0.959. The molecule has 0 radical (unpaired) electrons. The molecule has 3 aliphatic carbocycles. The topological polar surface area (TPSA) is 96.7 Å². The van der Waals surface area contributed by atoms with Crippen LogP contribution in [0.2, 0.25) is 0 Å². The van der Waals surface area contributed by atoms with Gasteiger partial charge in [0.2, 0.25) is 0 Å². The van der Waals surface area contributed by atoms with Crippen molar-refractivity contribution in [1.29, 1.82) is 0 Å². The van der Waals surface area contributed by atoms with Crippen LogP contribution < -0.4 is 0 Å². The molecule has 0 atom stereocenters. The van der Waals surface area contributed by atoms with Crippen molar-refractivity contribution in [2.24, 2.45) is 11.8 Å². The molecule has 0 unspecified atom stereocenters. The predicted molar refractivity (Wildman–Crippen MR) is 109 cm³/mol. The molecule has 2 N–H and O–H groups in total. The molecule has 4 aromatic rings. The molecule has 7 rings (SSSR count). The molecule has 0 saturated heterocycles. The Morgan fingerprint density at radius 2 is 1.87 bits per heavy atom. The summed E-state index contributed by atoms with van der Waals surface area (Å²) in [6.45, 7) is 0. The minimum absolute atomic E-state index is 0.0259. The Bertz CT molecular complexity index is 1410. The molecule has 0 aromatic carbocycles. The van der Waals surface area contributed by atoms with Gasteiger partial charge in [0.05, 0.1) is 17.2 Å². The van der Waals surface area contributed by atoms with E-state index in [9.17, 15) is 18.7 Å². The molecule has 0 spiro atoms. The van der Waals surface area contributed by atoms with Crippen molar-refractivity contribution in [3.63, 3.8) is 0 Å². The number of halogens is 2.